The van der Waals surface area contributed by atoms with Gasteiger partial charge in [0.25, 0.3) is 5.69 Å². The van der Waals surface area contributed by atoms with E-state index in [1.165, 1.54) is 0 Å². The summed E-state index contributed by atoms with van der Waals surface area (Å²) >= 11 is 3.19. The minimum absolute atomic E-state index is 0.0664. The highest BCUT2D eigenvalue weighted by atomic mass is 32.1. The molecule has 2 heterocycles. The molecule has 0 bridgehead atoms. The van der Waals surface area contributed by atoms with Crippen LogP contribution in [0.3, 0.4) is 0 Å². The third-order valence-electron chi connectivity index (χ3n) is 5.04. The van der Waals surface area contributed by atoms with Gasteiger partial charge in [-0.1, -0.05) is 30.3 Å². The summed E-state index contributed by atoms with van der Waals surface area (Å²) in [5, 5.41) is 13.4. The van der Waals surface area contributed by atoms with Crippen LogP contribution in [-0.4, -0.2) is 29.0 Å². The van der Waals surface area contributed by atoms with Gasteiger partial charge in [-0.25, -0.2) is 9.97 Å². The van der Waals surface area contributed by atoms with Gasteiger partial charge < -0.3 is 4.90 Å². The lowest BCUT2D eigenvalue weighted by Crippen LogP contribution is -2.11. The van der Waals surface area contributed by atoms with Crippen molar-refractivity contribution >= 4 is 66.1 Å². The zero-order chi connectivity index (χ0) is 22.2. The summed E-state index contributed by atoms with van der Waals surface area (Å²) < 4.78 is 2.17. The average molecular weight is 459 g/mol. The number of aromatic nitrogens is 2. The van der Waals surface area contributed by atoms with Crippen molar-refractivity contribution in [2.45, 2.75) is 0 Å². The Balaban J connectivity index is 1.71. The van der Waals surface area contributed by atoms with Gasteiger partial charge in [-0.2, -0.15) is 0 Å². The number of thiazole rings is 2. The molecule has 0 saturated carbocycles. The van der Waals surface area contributed by atoms with Crippen LogP contribution in [0.2, 0.25) is 0 Å². The Morgan fingerprint density at radius 3 is 1.97 bits per heavy atom. The molecule has 0 aliphatic heterocycles. The monoisotopic (exact) mass is 458 g/mol. The molecule has 5 aromatic rings. The van der Waals surface area contributed by atoms with E-state index in [1.54, 1.807) is 53.8 Å². The summed E-state index contributed by atoms with van der Waals surface area (Å²) in [6, 6.07) is 21.3. The molecular weight excluding hydrogens is 440 g/mol. The molecular formula is C24H18N4O2S2. The van der Waals surface area contributed by atoms with Gasteiger partial charge in [0.05, 0.1) is 25.4 Å². The number of nitrogens with zero attached hydrogens (tertiary/aromatic N) is 4. The molecule has 0 N–H and O–H groups in total. The maximum absolute atomic E-state index is 11.7. The van der Waals surface area contributed by atoms with Crippen LogP contribution in [-0.2, 0) is 0 Å². The van der Waals surface area contributed by atoms with Crippen molar-refractivity contribution in [2.75, 3.05) is 19.0 Å². The predicted molar refractivity (Wildman–Crippen MR) is 134 cm³/mol. The first-order valence-corrected chi connectivity index (χ1v) is 11.5. The van der Waals surface area contributed by atoms with E-state index in [4.69, 9.17) is 9.97 Å². The first-order chi connectivity index (χ1) is 15.5. The van der Waals surface area contributed by atoms with E-state index < -0.39 is 0 Å². The molecule has 8 heteroatoms. The minimum Gasteiger partial charge on any atom is -0.372 e. The third kappa shape index (κ3) is 3.74. The summed E-state index contributed by atoms with van der Waals surface area (Å²) in [5.74, 6) is 0. The Morgan fingerprint density at radius 1 is 0.906 bits per heavy atom. The Morgan fingerprint density at radius 2 is 1.47 bits per heavy atom. The normalized spacial score (nSPS) is 11.1. The zero-order valence-corrected chi connectivity index (χ0v) is 19.0. The first kappa shape index (κ1) is 20.3. The lowest BCUT2D eigenvalue weighted by molar-refractivity contribution is -0.384. The van der Waals surface area contributed by atoms with Gasteiger partial charge in [0.2, 0.25) is 0 Å². The molecule has 0 radical (unpaired) electrons. The maximum Gasteiger partial charge on any atom is 0.293 e. The SMILES string of the molecule is CN(C)c1ccc(C=C(c2nc3ccccc3s2)c2nc3ccccc3s2)cc1[N+](=O)[O-]. The van der Waals surface area contributed by atoms with Crippen molar-refractivity contribution in [3.8, 4) is 0 Å². The summed E-state index contributed by atoms with van der Waals surface area (Å²) in [4.78, 5) is 22.7. The molecule has 3 aromatic carbocycles. The van der Waals surface area contributed by atoms with E-state index in [0.29, 0.717) is 5.69 Å². The van der Waals surface area contributed by atoms with Crippen LogP contribution < -0.4 is 4.90 Å². The molecule has 0 aliphatic carbocycles. The van der Waals surface area contributed by atoms with Gasteiger partial charge >= 0.3 is 0 Å². The third-order valence-corrected chi connectivity index (χ3v) is 7.18. The van der Waals surface area contributed by atoms with Crippen molar-refractivity contribution in [1.29, 1.82) is 0 Å². The van der Waals surface area contributed by atoms with Crippen LogP contribution in [0.1, 0.15) is 15.6 Å². The fraction of sp³-hybridized carbons (Fsp3) is 0.0833. The summed E-state index contributed by atoms with van der Waals surface area (Å²) in [7, 11) is 3.59. The van der Waals surface area contributed by atoms with Crippen LogP contribution in [0.15, 0.2) is 66.7 Å². The fourth-order valence-corrected chi connectivity index (χ4v) is 5.54. The number of anilines is 1. The van der Waals surface area contributed by atoms with Gasteiger partial charge in [0.1, 0.15) is 15.7 Å². The van der Waals surface area contributed by atoms with Crippen molar-refractivity contribution in [3.63, 3.8) is 0 Å². The molecule has 158 valence electrons. The van der Waals surface area contributed by atoms with E-state index in [1.807, 2.05) is 60.7 Å². The molecule has 0 spiro atoms. The largest absolute Gasteiger partial charge is 0.372 e. The second-order valence-corrected chi connectivity index (χ2v) is 9.49. The quantitative estimate of drug-likeness (QED) is 0.223. The van der Waals surface area contributed by atoms with Gasteiger partial charge in [0.15, 0.2) is 0 Å². The number of nitro benzene ring substituents is 1. The highest BCUT2D eigenvalue weighted by molar-refractivity contribution is 7.22. The number of benzene rings is 3. The Hall–Kier alpha value is -3.62. The second-order valence-electron chi connectivity index (χ2n) is 7.43. The van der Waals surface area contributed by atoms with E-state index in [9.17, 15) is 10.1 Å². The molecule has 32 heavy (non-hydrogen) atoms. The summed E-state index contributed by atoms with van der Waals surface area (Å²) in [5.41, 5.74) is 4.07. The van der Waals surface area contributed by atoms with Gasteiger partial charge in [-0.3, -0.25) is 10.1 Å². The van der Waals surface area contributed by atoms with Crippen molar-refractivity contribution < 1.29 is 4.92 Å². The highest BCUT2D eigenvalue weighted by Crippen LogP contribution is 2.37. The summed E-state index contributed by atoms with van der Waals surface area (Å²) in [6.07, 6.45) is 1.95. The second kappa shape index (κ2) is 8.14. The lowest BCUT2D eigenvalue weighted by Gasteiger charge is -2.13. The predicted octanol–water partition coefficient (Wildman–Crippen LogP) is 6.47. The molecule has 0 fully saturated rings. The zero-order valence-electron chi connectivity index (χ0n) is 17.4. The number of rotatable bonds is 5. The van der Waals surface area contributed by atoms with E-state index in [2.05, 4.69) is 0 Å². The molecule has 0 unspecified atom stereocenters. The van der Waals surface area contributed by atoms with Crippen LogP contribution in [0, 0.1) is 10.1 Å². The van der Waals surface area contributed by atoms with Crippen LogP contribution in [0.5, 0.6) is 0 Å². The number of hydrogen-bond donors (Lipinski definition) is 0. The highest BCUT2D eigenvalue weighted by Gasteiger charge is 2.19. The van der Waals surface area contributed by atoms with Crippen LogP contribution in [0.4, 0.5) is 11.4 Å². The van der Waals surface area contributed by atoms with Gasteiger partial charge in [-0.15, -0.1) is 22.7 Å². The molecule has 0 amide bonds. The molecule has 5 rings (SSSR count). The lowest BCUT2D eigenvalue weighted by atomic mass is 10.1. The molecule has 0 atom stereocenters. The van der Waals surface area contributed by atoms with Gasteiger partial charge in [0, 0.05) is 25.7 Å². The molecule has 0 saturated heterocycles. The average Bonchev–Trinajstić information content (AvgIpc) is 3.41. The van der Waals surface area contributed by atoms with Gasteiger partial charge in [-0.05, 0) is 42.0 Å². The number of para-hydroxylation sites is 2. The van der Waals surface area contributed by atoms with E-state index in [0.717, 1.165) is 41.6 Å². The topological polar surface area (TPSA) is 72.2 Å². The number of fused-ring (bicyclic) bond motifs is 2. The van der Waals surface area contributed by atoms with Crippen molar-refractivity contribution in [2.24, 2.45) is 0 Å². The Kier molecular flexibility index (Phi) is 5.16. The Bertz CT molecular complexity index is 1360. The standard InChI is InChI=1S/C24H18N4O2S2/c1-27(2)19-12-11-15(14-20(19)28(29)30)13-16(23-25-17-7-3-5-9-21(17)31-23)24-26-18-8-4-6-10-22(18)32-24/h3-14H,1-2H3. The number of hydrogen-bond acceptors (Lipinski definition) is 7. The molecule has 2 aromatic heterocycles. The number of nitro groups is 1. The molecule has 6 nitrogen and oxygen atoms in total. The minimum atomic E-state index is -0.346. The van der Waals surface area contributed by atoms with Crippen molar-refractivity contribution in [1.82, 2.24) is 9.97 Å². The van der Waals surface area contributed by atoms with Crippen molar-refractivity contribution in [3.05, 3.63) is 92.4 Å². The van der Waals surface area contributed by atoms with E-state index in [-0.39, 0.29) is 10.6 Å². The van der Waals surface area contributed by atoms with Crippen LogP contribution in [0.25, 0.3) is 32.1 Å². The summed E-state index contributed by atoms with van der Waals surface area (Å²) in [6.45, 7) is 0. The van der Waals surface area contributed by atoms with E-state index >= 15 is 0 Å². The first-order valence-electron chi connectivity index (χ1n) is 9.89. The molecule has 0 aliphatic rings. The van der Waals surface area contributed by atoms with Crippen LogP contribution >= 0.6 is 22.7 Å². The smallest absolute Gasteiger partial charge is 0.293 e. The maximum atomic E-state index is 11.7. The fourth-order valence-electron chi connectivity index (χ4n) is 3.51. The Labute approximate surface area is 192 Å².